The Balaban J connectivity index is 1.94. The van der Waals surface area contributed by atoms with Gasteiger partial charge >= 0.3 is 0 Å². The lowest BCUT2D eigenvalue weighted by molar-refractivity contribution is -0.146. The molecule has 2 aliphatic rings. The number of hydrogen-bond acceptors (Lipinski definition) is 3. The summed E-state index contributed by atoms with van der Waals surface area (Å²) < 4.78 is 5.34. The number of carbonyl (C=O) groups excluding carboxylic acids is 1. The van der Waals surface area contributed by atoms with Gasteiger partial charge in [-0.15, -0.1) is 0 Å². The molecule has 4 nitrogen and oxygen atoms in total. The number of nitrogens with two attached hydrogens (primary N) is 1. The standard InChI is InChI=1S/C13H24N2O2/c1-15(9-11-3-2-4-11)12(16)13(10-14)5-7-17-8-6-13/h11H,2-10,14H2,1H3. The van der Waals surface area contributed by atoms with Crippen molar-refractivity contribution in [3.05, 3.63) is 0 Å². The predicted octanol–water partition coefficient (Wildman–Crippen LogP) is 1.00. The molecule has 0 aromatic heterocycles. The third-order valence-electron chi connectivity index (χ3n) is 4.40. The van der Waals surface area contributed by atoms with Gasteiger partial charge in [-0.2, -0.15) is 0 Å². The van der Waals surface area contributed by atoms with Crippen molar-refractivity contribution in [3.8, 4) is 0 Å². The lowest BCUT2D eigenvalue weighted by Gasteiger charge is -2.39. The molecule has 0 unspecified atom stereocenters. The van der Waals surface area contributed by atoms with Crippen molar-refractivity contribution in [2.45, 2.75) is 32.1 Å². The molecule has 0 radical (unpaired) electrons. The SMILES string of the molecule is CN(CC1CCC1)C(=O)C1(CN)CCOCC1. The zero-order valence-electron chi connectivity index (χ0n) is 10.8. The van der Waals surface area contributed by atoms with Gasteiger partial charge in [0.1, 0.15) is 0 Å². The normalized spacial score (nSPS) is 24.1. The summed E-state index contributed by atoms with van der Waals surface area (Å²) in [6.07, 6.45) is 5.42. The van der Waals surface area contributed by atoms with E-state index in [4.69, 9.17) is 10.5 Å². The molecule has 0 aromatic carbocycles. The van der Waals surface area contributed by atoms with Crippen molar-refractivity contribution in [3.63, 3.8) is 0 Å². The summed E-state index contributed by atoms with van der Waals surface area (Å²) in [4.78, 5) is 14.4. The second-order valence-electron chi connectivity index (χ2n) is 5.58. The molecule has 1 aliphatic carbocycles. The van der Waals surface area contributed by atoms with Gasteiger partial charge in [0, 0.05) is 33.4 Å². The molecule has 2 fully saturated rings. The highest BCUT2D eigenvalue weighted by Gasteiger charge is 2.41. The lowest BCUT2D eigenvalue weighted by Crippen LogP contribution is -2.51. The smallest absolute Gasteiger partial charge is 0.229 e. The molecule has 17 heavy (non-hydrogen) atoms. The maximum atomic E-state index is 12.5. The molecular weight excluding hydrogens is 216 g/mol. The molecule has 1 saturated carbocycles. The van der Waals surface area contributed by atoms with E-state index in [9.17, 15) is 4.79 Å². The van der Waals surface area contributed by atoms with Crippen molar-refractivity contribution in [2.75, 3.05) is 33.4 Å². The van der Waals surface area contributed by atoms with Gasteiger partial charge in [0.2, 0.25) is 5.91 Å². The van der Waals surface area contributed by atoms with Gasteiger partial charge in [-0.05, 0) is 31.6 Å². The van der Waals surface area contributed by atoms with E-state index in [-0.39, 0.29) is 11.3 Å². The average Bonchev–Trinajstić information content (AvgIpc) is 2.33. The van der Waals surface area contributed by atoms with Crippen LogP contribution < -0.4 is 5.73 Å². The topological polar surface area (TPSA) is 55.6 Å². The fourth-order valence-electron chi connectivity index (χ4n) is 2.82. The van der Waals surface area contributed by atoms with Gasteiger partial charge in [-0.3, -0.25) is 4.79 Å². The molecule has 4 heteroatoms. The summed E-state index contributed by atoms with van der Waals surface area (Å²) >= 11 is 0. The molecule has 2 N–H and O–H groups in total. The Kier molecular flexibility index (Phi) is 4.05. The average molecular weight is 240 g/mol. The molecule has 0 aromatic rings. The van der Waals surface area contributed by atoms with Crippen LogP contribution in [-0.2, 0) is 9.53 Å². The van der Waals surface area contributed by atoms with E-state index >= 15 is 0 Å². The van der Waals surface area contributed by atoms with Crippen LogP contribution in [0.5, 0.6) is 0 Å². The third-order valence-corrected chi connectivity index (χ3v) is 4.40. The van der Waals surface area contributed by atoms with Gasteiger partial charge in [-0.1, -0.05) is 6.42 Å². The second kappa shape index (κ2) is 5.36. The van der Waals surface area contributed by atoms with Crippen LogP contribution in [0, 0.1) is 11.3 Å². The number of amides is 1. The number of rotatable bonds is 4. The van der Waals surface area contributed by atoms with Gasteiger partial charge < -0.3 is 15.4 Å². The Hall–Kier alpha value is -0.610. The zero-order chi connectivity index (χ0) is 12.3. The maximum Gasteiger partial charge on any atom is 0.229 e. The molecule has 2 rings (SSSR count). The van der Waals surface area contributed by atoms with Crippen LogP contribution >= 0.6 is 0 Å². The summed E-state index contributed by atoms with van der Waals surface area (Å²) in [5.41, 5.74) is 5.50. The lowest BCUT2D eigenvalue weighted by atomic mass is 9.78. The fourth-order valence-corrected chi connectivity index (χ4v) is 2.82. The third kappa shape index (κ3) is 2.63. The van der Waals surface area contributed by atoms with Crippen molar-refractivity contribution in [1.82, 2.24) is 4.90 Å². The minimum Gasteiger partial charge on any atom is -0.381 e. The largest absolute Gasteiger partial charge is 0.381 e. The fraction of sp³-hybridized carbons (Fsp3) is 0.923. The molecule has 0 spiro atoms. The van der Waals surface area contributed by atoms with Crippen LogP contribution in [-0.4, -0.2) is 44.2 Å². The van der Waals surface area contributed by atoms with E-state index in [1.54, 1.807) is 0 Å². The Bertz CT molecular complexity index is 271. The summed E-state index contributed by atoms with van der Waals surface area (Å²) in [5.74, 6) is 0.953. The van der Waals surface area contributed by atoms with E-state index in [1.165, 1.54) is 19.3 Å². The Morgan fingerprint density at radius 3 is 2.53 bits per heavy atom. The molecule has 0 bridgehead atoms. The Morgan fingerprint density at radius 2 is 2.06 bits per heavy atom. The van der Waals surface area contributed by atoms with Crippen LogP contribution in [0.1, 0.15) is 32.1 Å². The zero-order valence-corrected chi connectivity index (χ0v) is 10.8. The molecule has 98 valence electrons. The number of carbonyl (C=O) groups is 1. The molecule has 1 amide bonds. The number of hydrogen-bond donors (Lipinski definition) is 1. The number of nitrogens with zero attached hydrogens (tertiary/aromatic N) is 1. The van der Waals surface area contributed by atoms with Crippen molar-refractivity contribution in [1.29, 1.82) is 0 Å². The van der Waals surface area contributed by atoms with E-state index < -0.39 is 0 Å². The molecule has 1 saturated heterocycles. The van der Waals surface area contributed by atoms with E-state index in [1.807, 2.05) is 11.9 Å². The monoisotopic (exact) mass is 240 g/mol. The van der Waals surface area contributed by atoms with Crippen molar-refractivity contribution in [2.24, 2.45) is 17.1 Å². The highest BCUT2D eigenvalue weighted by Crippen LogP contribution is 2.33. The first-order valence-corrected chi connectivity index (χ1v) is 6.71. The van der Waals surface area contributed by atoms with E-state index in [2.05, 4.69) is 0 Å². The van der Waals surface area contributed by atoms with Crippen molar-refractivity contribution < 1.29 is 9.53 Å². The maximum absolute atomic E-state index is 12.5. The van der Waals surface area contributed by atoms with Gasteiger partial charge in [0.15, 0.2) is 0 Å². The Morgan fingerprint density at radius 1 is 1.41 bits per heavy atom. The Labute approximate surface area is 103 Å². The van der Waals surface area contributed by atoms with Gasteiger partial charge in [0.05, 0.1) is 5.41 Å². The quantitative estimate of drug-likeness (QED) is 0.797. The number of ether oxygens (including phenoxy) is 1. The highest BCUT2D eigenvalue weighted by atomic mass is 16.5. The molecule has 1 heterocycles. The minimum absolute atomic E-state index is 0.232. The van der Waals surface area contributed by atoms with E-state index in [0.717, 1.165) is 25.3 Å². The van der Waals surface area contributed by atoms with Crippen LogP contribution in [0.25, 0.3) is 0 Å². The second-order valence-corrected chi connectivity index (χ2v) is 5.58. The van der Waals surface area contributed by atoms with Gasteiger partial charge in [0.25, 0.3) is 0 Å². The van der Waals surface area contributed by atoms with Crippen LogP contribution in [0.15, 0.2) is 0 Å². The van der Waals surface area contributed by atoms with Crippen molar-refractivity contribution >= 4 is 5.91 Å². The van der Waals surface area contributed by atoms with E-state index in [0.29, 0.717) is 19.8 Å². The highest BCUT2D eigenvalue weighted by molar-refractivity contribution is 5.83. The summed E-state index contributed by atoms with van der Waals surface area (Å²) in [5, 5.41) is 0. The van der Waals surface area contributed by atoms with Crippen LogP contribution in [0.4, 0.5) is 0 Å². The van der Waals surface area contributed by atoms with Crippen LogP contribution in [0.3, 0.4) is 0 Å². The molecular formula is C13H24N2O2. The summed E-state index contributed by atoms with van der Waals surface area (Å²) in [6, 6.07) is 0. The van der Waals surface area contributed by atoms with Gasteiger partial charge in [-0.25, -0.2) is 0 Å². The molecule has 0 atom stereocenters. The first kappa shape index (κ1) is 12.8. The predicted molar refractivity (Wildman–Crippen MR) is 66.5 cm³/mol. The first-order chi connectivity index (χ1) is 8.18. The molecule has 1 aliphatic heterocycles. The minimum atomic E-state index is -0.350. The summed E-state index contributed by atoms with van der Waals surface area (Å²) in [6.45, 7) is 2.69. The summed E-state index contributed by atoms with van der Waals surface area (Å²) in [7, 11) is 1.92. The van der Waals surface area contributed by atoms with Crippen LogP contribution in [0.2, 0.25) is 0 Å². The first-order valence-electron chi connectivity index (χ1n) is 6.71.